The number of rotatable bonds is 14. The fraction of sp³-hybridized carbons (Fsp3) is 0.560. The van der Waals surface area contributed by atoms with Crippen molar-refractivity contribution in [3.8, 4) is 0 Å². The third-order valence-electron chi connectivity index (χ3n) is 5.88. The maximum absolute atomic E-state index is 11.2. The minimum absolute atomic E-state index is 0.0111. The van der Waals surface area contributed by atoms with Gasteiger partial charge in [0.05, 0.1) is 12.0 Å². The van der Waals surface area contributed by atoms with Crippen molar-refractivity contribution in [3.05, 3.63) is 54.1 Å². The van der Waals surface area contributed by atoms with Gasteiger partial charge in [-0.2, -0.15) is 5.10 Å². The Morgan fingerprint density at radius 1 is 0.833 bits per heavy atom. The Bertz CT molecular complexity index is 765. The third kappa shape index (κ3) is 8.13. The summed E-state index contributed by atoms with van der Waals surface area (Å²) in [5.74, 6) is 0.0111. The summed E-state index contributed by atoms with van der Waals surface area (Å²) in [6.45, 7) is 1.11. The largest absolute Gasteiger partial charge is 0.337 e. The van der Waals surface area contributed by atoms with Gasteiger partial charge >= 0.3 is 0 Å². The number of nitrogens with one attached hydrogen (secondary N) is 1. The second-order valence-electron chi connectivity index (χ2n) is 8.38. The van der Waals surface area contributed by atoms with Gasteiger partial charge in [0.15, 0.2) is 0 Å². The van der Waals surface area contributed by atoms with E-state index in [1.807, 2.05) is 18.7 Å². The molecule has 162 valence electrons. The lowest BCUT2D eigenvalue weighted by Gasteiger charge is -2.12. The summed E-state index contributed by atoms with van der Waals surface area (Å²) in [5.41, 5.74) is 6.08. The number of carbonyl (C=O) groups excluding carboxylic acids is 1. The van der Waals surface area contributed by atoms with E-state index in [1.54, 1.807) is 0 Å². The maximum atomic E-state index is 11.2. The standard InChI is InChI=1S/C25H36N4O/c30-25-17-16-24(27-28-25)23-14-12-22(13-15-23)11-9-7-5-3-1-2-4-6-8-10-19-29-20-18-26-21-29/h12-15,18,20-21H,1-11,16-17,19H2,(H,28,30). The molecule has 0 aliphatic carbocycles. The van der Waals surface area contributed by atoms with Crippen LogP contribution >= 0.6 is 0 Å². The monoisotopic (exact) mass is 408 g/mol. The van der Waals surface area contributed by atoms with Crippen LogP contribution in [0, 0.1) is 0 Å². The number of hydrogen-bond acceptors (Lipinski definition) is 3. The van der Waals surface area contributed by atoms with Crippen molar-refractivity contribution < 1.29 is 4.79 Å². The molecule has 1 amide bonds. The van der Waals surface area contributed by atoms with Crippen LogP contribution in [0.3, 0.4) is 0 Å². The van der Waals surface area contributed by atoms with Crippen molar-refractivity contribution in [2.75, 3.05) is 0 Å². The van der Waals surface area contributed by atoms with Crippen molar-refractivity contribution in [3.63, 3.8) is 0 Å². The molecule has 0 unspecified atom stereocenters. The van der Waals surface area contributed by atoms with Gasteiger partial charge in [-0.1, -0.05) is 75.6 Å². The predicted octanol–water partition coefficient (Wildman–Crippen LogP) is 5.64. The van der Waals surface area contributed by atoms with Crippen LogP contribution in [0.25, 0.3) is 0 Å². The Morgan fingerprint density at radius 3 is 2.10 bits per heavy atom. The van der Waals surface area contributed by atoms with Crippen molar-refractivity contribution in [2.45, 2.75) is 90.0 Å². The van der Waals surface area contributed by atoms with E-state index in [2.05, 4.69) is 44.3 Å². The fourth-order valence-electron chi connectivity index (χ4n) is 4.00. The van der Waals surface area contributed by atoms with Gasteiger partial charge in [0.1, 0.15) is 0 Å². The van der Waals surface area contributed by atoms with Gasteiger partial charge < -0.3 is 4.57 Å². The van der Waals surface area contributed by atoms with Gasteiger partial charge in [0.2, 0.25) is 5.91 Å². The van der Waals surface area contributed by atoms with E-state index in [-0.39, 0.29) is 5.91 Å². The molecule has 0 spiro atoms. The third-order valence-corrected chi connectivity index (χ3v) is 5.88. The lowest BCUT2D eigenvalue weighted by molar-refractivity contribution is -0.121. The van der Waals surface area contributed by atoms with Crippen LogP contribution in [0.5, 0.6) is 0 Å². The number of carbonyl (C=O) groups is 1. The topological polar surface area (TPSA) is 59.3 Å². The quantitative estimate of drug-likeness (QED) is 0.411. The number of unbranched alkanes of at least 4 members (excludes halogenated alkanes) is 9. The number of aromatic nitrogens is 2. The lowest BCUT2D eigenvalue weighted by Crippen LogP contribution is -2.25. The molecular formula is C25H36N4O. The number of benzene rings is 1. The first-order valence-electron chi connectivity index (χ1n) is 11.7. The summed E-state index contributed by atoms with van der Waals surface area (Å²) in [7, 11) is 0. The van der Waals surface area contributed by atoms with Crippen LogP contribution in [0.2, 0.25) is 0 Å². The molecule has 0 fully saturated rings. The minimum atomic E-state index is 0.0111. The fourth-order valence-corrected chi connectivity index (χ4v) is 4.00. The molecule has 0 bridgehead atoms. The molecule has 1 aromatic heterocycles. The molecular weight excluding hydrogens is 372 g/mol. The second-order valence-corrected chi connectivity index (χ2v) is 8.38. The van der Waals surface area contributed by atoms with Gasteiger partial charge in [-0.25, -0.2) is 10.4 Å². The molecule has 1 aliphatic rings. The molecule has 0 radical (unpaired) electrons. The Hall–Kier alpha value is -2.43. The molecule has 0 saturated heterocycles. The molecule has 2 heterocycles. The molecule has 2 aromatic rings. The lowest BCUT2D eigenvalue weighted by atomic mass is 10.00. The van der Waals surface area contributed by atoms with E-state index in [0.717, 1.165) is 30.7 Å². The van der Waals surface area contributed by atoms with Gasteiger partial charge in [0.25, 0.3) is 0 Å². The van der Waals surface area contributed by atoms with Crippen LogP contribution in [-0.4, -0.2) is 21.2 Å². The van der Waals surface area contributed by atoms with Gasteiger partial charge in [-0.3, -0.25) is 4.79 Å². The molecule has 5 nitrogen and oxygen atoms in total. The number of aryl methyl sites for hydroxylation is 2. The Labute approximate surface area is 181 Å². The van der Waals surface area contributed by atoms with E-state index in [9.17, 15) is 4.79 Å². The molecule has 3 rings (SSSR count). The number of hydrogen-bond donors (Lipinski definition) is 1. The van der Waals surface area contributed by atoms with Crippen molar-refractivity contribution in [2.24, 2.45) is 5.10 Å². The van der Waals surface area contributed by atoms with E-state index in [4.69, 9.17) is 0 Å². The summed E-state index contributed by atoms with van der Waals surface area (Å²) in [6.07, 6.45) is 21.7. The Kier molecular flexibility index (Phi) is 9.64. The number of hydrazone groups is 1. The number of amides is 1. The van der Waals surface area contributed by atoms with Crippen LogP contribution in [0.4, 0.5) is 0 Å². The second kappa shape index (κ2) is 13.0. The van der Waals surface area contributed by atoms with Gasteiger partial charge in [-0.05, 0) is 30.4 Å². The first-order chi connectivity index (χ1) is 14.8. The normalized spacial score (nSPS) is 13.9. The SMILES string of the molecule is O=C1CCC(c2ccc(CCCCCCCCCCCCn3ccnc3)cc2)=NN1. The van der Waals surface area contributed by atoms with Crippen LogP contribution in [0.15, 0.2) is 48.1 Å². The molecule has 1 aliphatic heterocycles. The smallest absolute Gasteiger partial charge is 0.240 e. The first-order valence-corrected chi connectivity index (χ1v) is 11.7. The zero-order valence-corrected chi connectivity index (χ0v) is 18.2. The zero-order chi connectivity index (χ0) is 20.9. The molecule has 30 heavy (non-hydrogen) atoms. The summed E-state index contributed by atoms with van der Waals surface area (Å²) in [4.78, 5) is 15.3. The minimum Gasteiger partial charge on any atom is -0.337 e. The average Bonchev–Trinajstić information content (AvgIpc) is 3.29. The molecule has 5 heteroatoms. The van der Waals surface area contributed by atoms with Gasteiger partial charge in [-0.15, -0.1) is 0 Å². The van der Waals surface area contributed by atoms with Crippen molar-refractivity contribution >= 4 is 11.6 Å². The van der Waals surface area contributed by atoms with Crippen LogP contribution in [-0.2, 0) is 17.8 Å². The maximum Gasteiger partial charge on any atom is 0.240 e. The zero-order valence-electron chi connectivity index (χ0n) is 18.2. The van der Waals surface area contributed by atoms with Gasteiger partial charge in [0, 0.05) is 31.8 Å². The van der Waals surface area contributed by atoms with E-state index < -0.39 is 0 Å². The Balaban J connectivity index is 1.15. The molecule has 1 N–H and O–H groups in total. The number of imidazole rings is 1. The summed E-state index contributed by atoms with van der Waals surface area (Å²) >= 11 is 0. The highest BCUT2D eigenvalue weighted by molar-refractivity contribution is 6.04. The van der Waals surface area contributed by atoms with E-state index in [1.165, 1.54) is 69.8 Å². The summed E-state index contributed by atoms with van der Waals surface area (Å²) in [5, 5.41) is 4.17. The average molecular weight is 409 g/mol. The highest BCUT2D eigenvalue weighted by Crippen LogP contribution is 2.15. The predicted molar refractivity (Wildman–Crippen MR) is 122 cm³/mol. The van der Waals surface area contributed by atoms with Crippen LogP contribution in [0.1, 0.15) is 88.2 Å². The summed E-state index contributed by atoms with van der Waals surface area (Å²) < 4.78 is 2.17. The van der Waals surface area contributed by atoms with Crippen molar-refractivity contribution in [1.29, 1.82) is 0 Å². The van der Waals surface area contributed by atoms with Crippen molar-refractivity contribution in [1.82, 2.24) is 15.0 Å². The summed E-state index contributed by atoms with van der Waals surface area (Å²) in [6, 6.07) is 8.70. The number of nitrogens with zero attached hydrogens (tertiary/aromatic N) is 3. The highest BCUT2D eigenvalue weighted by atomic mass is 16.2. The Morgan fingerprint density at radius 2 is 1.50 bits per heavy atom. The first kappa shape index (κ1) is 22.3. The highest BCUT2D eigenvalue weighted by Gasteiger charge is 2.12. The molecule has 0 saturated carbocycles. The molecule has 0 atom stereocenters. The van der Waals surface area contributed by atoms with Crippen LogP contribution < -0.4 is 5.43 Å². The molecule has 1 aromatic carbocycles. The van der Waals surface area contributed by atoms with E-state index >= 15 is 0 Å². The van der Waals surface area contributed by atoms with E-state index in [0.29, 0.717) is 6.42 Å².